The molecule has 3 aliphatic rings. The van der Waals surface area contributed by atoms with Gasteiger partial charge in [0.05, 0.1) is 18.9 Å². The minimum absolute atomic E-state index is 0. The van der Waals surface area contributed by atoms with Crippen molar-refractivity contribution >= 4 is 100 Å². The summed E-state index contributed by atoms with van der Waals surface area (Å²) in [5.74, 6) is 5.48. The summed E-state index contributed by atoms with van der Waals surface area (Å²) in [5.41, 5.74) is 7.46. The molecule has 0 saturated heterocycles. The van der Waals surface area contributed by atoms with Gasteiger partial charge in [0.25, 0.3) is 0 Å². The van der Waals surface area contributed by atoms with Gasteiger partial charge < -0.3 is 12.8 Å². The summed E-state index contributed by atoms with van der Waals surface area (Å²) in [6.45, 7) is 0. The van der Waals surface area contributed by atoms with E-state index >= 15 is 0 Å². The monoisotopic (exact) mass is 1560 g/mol. The standard InChI is InChI=1S/C30H26P2.2C26H17Si.2Au/c1-5-15-25(16-6-1)31(26-17-7-2-8-18-26)29-23-13-14-24-30(29)32(27-19-9-3-10-20-27)28-21-11-4-12-22-28;2*1-2-20-12-11-18-24-23-17-9-10-19-25(23)27(26(20)24,21-13-5-3-6-14-21)22-15-7-4-8-16-22;;/h1-21,23-24,28H,22H2;2*3-19H;;/q;2*-1;2*+1/p+2. The molecule has 12 aromatic carbocycles. The summed E-state index contributed by atoms with van der Waals surface area (Å²) in [6, 6.07) is 116. The fraction of sp³-hybridized carbons (Fsp3) is 0.0244. The van der Waals surface area contributed by atoms with E-state index in [1.165, 1.54) is 85.0 Å². The normalized spacial score (nSPS) is 14.1. The van der Waals surface area contributed by atoms with E-state index in [-0.39, 0.29) is 44.8 Å². The van der Waals surface area contributed by atoms with Gasteiger partial charge in [0.15, 0.2) is 16.1 Å². The number of allylic oxidation sites excluding steroid dienone is 4. The van der Waals surface area contributed by atoms with Crippen LogP contribution in [0.2, 0.25) is 0 Å². The predicted molar refractivity (Wildman–Crippen MR) is 378 cm³/mol. The molecule has 12 aromatic rings. The summed E-state index contributed by atoms with van der Waals surface area (Å²) in [6.07, 6.45) is 26.3. The minimum atomic E-state index is -2.47. The Bertz CT molecular complexity index is 4160. The van der Waals surface area contributed by atoms with Crippen molar-refractivity contribution in [3.8, 4) is 34.1 Å². The average Bonchev–Trinajstić information content (AvgIpc) is 1.56. The molecule has 0 nitrogen and oxygen atoms in total. The third-order valence-electron chi connectivity index (χ3n) is 17.3. The zero-order valence-electron chi connectivity index (χ0n) is 48.3. The van der Waals surface area contributed by atoms with Crippen LogP contribution in [0.5, 0.6) is 0 Å². The number of hydrogen-bond donors (Lipinski definition) is 0. The Morgan fingerprint density at radius 3 is 1.02 bits per heavy atom. The van der Waals surface area contributed by atoms with E-state index in [9.17, 15) is 0 Å². The van der Waals surface area contributed by atoms with Crippen LogP contribution in [0, 0.1) is 24.7 Å². The molecule has 0 radical (unpaired) electrons. The summed E-state index contributed by atoms with van der Waals surface area (Å²) < 4.78 is 0. The Kier molecular flexibility index (Phi) is 19.9. The zero-order valence-corrected chi connectivity index (χ0v) is 56.6. The van der Waals surface area contributed by atoms with Crippen molar-refractivity contribution in [1.29, 1.82) is 0 Å². The number of rotatable bonds is 10. The van der Waals surface area contributed by atoms with E-state index in [4.69, 9.17) is 12.8 Å². The van der Waals surface area contributed by atoms with Crippen LogP contribution in [-0.4, -0.2) is 21.8 Å². The smallest absolute Gasteiger partial charge is 0.366 e. The molecule has 2 aliphatic heterocycles. The molecule has 0 N–H and O–H groups in total. The van der Waals surface area contributed by atoms with Gasteiger partial charge in [0.1, 0.15) is 29.1 Å². The van der Waals surface area contributed by atoms with Gasteiger partial charge in [-0.3, -0.25) is 11.8 Å². The quantitative estimate of drug-likeness (QED) is 0.0554. The maximum Gasteiger partial charge on any atom is 1.00 e. The van der Waals surface area contributed by atoms with Gasteiger partial charge >= 0.3 is 44.8 Å². The maximum absolute atomic E-state index is 7.99. The van der Waals surface area contributed by atoms with E-state index in [2.05, 4.69) is 333 Å². The third kappa shape index (κ3) is 11.5. The van der Waals surface area contributed by atoms with Crippen LogP contribution in [0.25, 0.3) is 22.3 Å². The molecule has 2 atom stereocenters. The maximum atomic E-state index is 7.99. The van der Waals surface area contributed by atoms with E-state index in [1.54, 1.807) is 5.30 Å². The Morgan fingerprint density at radius 2 is 0.648 bits per heavy atom. The van der Waals surface area contributed by atoms with Crippen LogP contribution in [-0.2, 0) is 44.8 Å². The van der Waals surface area contributed by atoms with Crippen molar-refractivity contribution in [2.75, 3.05) is 0 Å². The van der Waals surface area contributed by atoms with Gasteiger partial charge in [-0.1, -0.05) is 279 Å². The van der Waals surface area contributed by atoms with Crippen LogP contribution in [0.4, 0.5) is 0 Å². The first-order chi connectivity index (χ1) is 42.7. The average molecular weight is 1560 g/mol. The largest absolute Gasteiger partial charge is 1.00 e. The van der Waals surface area contributed by atoms with E-state index in [0.29, 0.717) is 5.66 Å². The fourth-order valence-corrected chi connectivity index (χ4v) is 30.9. The minimum Gasteiger partial charge on any atom is -0.366 e. The second kappa shape index (κ2) is 28.4. The van der Waals surface area contributed by atoms with Gasteiger partial charge in [0.2, 0.25) is 0 Å². The molecule has 0 saturated carbocycles. The molecule has 0 spiro atoms. The topological polar surface area (TPSA) is 0 Å². The molecule has 88 heavy (non-hydrogen) atoms. The van der Waals surface area contributed by atoms with Crippen LogP contribution < -0.4 is 68.0 Å². The molecule has 6 heteroatoms. The first kappa shape index (κ1) is 61.7. The van der Waals surface area contributed by atoms with Gasteiger partial charge in [-0.05, 0) is 108 Å². The number of fused-ring (bicyclic) bond motifs is 6. The van der Waals surface area contributed by atoms with Crippen molar-refractivity contribution in [2.45, 2.75) is 12.1 Å². The van der Waals surface area contributed by atoms with Gasteiger partial charge in [-0.2, -0.15) is 0 Å². The van der Waals surface area contributed by atoms with Crippen molar-refractivity contribution in [2.24, 2.45) is 0 Å². The van der Waals surface area contributed by atoms with Crippen LogP contribution >= 0.6 is 15.8 Å². The SMILES string of the molecule is C1=CCC([PH+](c2ccccc2)c2ccccc2[PH+](c2ccccc2)c2ccccc2)C=C1.[Au+].[Au+].[C-]#Cc1cccc2c1[Si](c1ccccc1)(c1ccccc1)c1ccccc1-2.[C-]#Cc1cccc2c1[Si](c1ccccc1)(c1ccccc1)c1ccccc1-2. The van der Waals surface area contributed by atoms with Crippen molar-refractivity contribution < 1.29 is 44.8 Å². The molecule has 15 rings (SSSR count). The molecule has 0 aromatic heterocycles. The van der Waals surface area contributed by atoms with Crippen molar-refractivity contribution in [3.05, 3.63) is 370 Å². The first-order valence-corrected chi connectivity index (χ1v) is 36.6. The van der Waals surface area contributed by atoms with Crippen LogP contribution in [0.15, 0.2) is 346 Å². The molecule has 2 unspecified atom stereocenters. The Balaban J connectivity index is 0.000000136. The van der Waals surface area contributed by atoms with Gasteiger partial charge in [-0.25, -0.2) is 0 Å². The number of hydrogen-bond acceptors (Lipinski definition) is 0. The predicted octanol–water partition coefficient (Wildman–Crippen LogP) is 11.2. The van der Waals surface area contributed by atoms with Crippen molar-refractivity contribution in [1.82, 2.24) is 0 Å². The molecular formula is C82H62Au2P2Si2+2. The van der Waals surface area contributed by atoms with Crippen LogP contribution in [0.1, 0.15) is 17.5 Å². The van der Waals surface area contributed by atoms with Gasteiger partial charge in [-0.15, -0.1) is 33.6 Å². The summed E-state index contributed by atoms with van der Waals surface area (Å²) in [5, 5.41) is 18.3. The molecule has 0 amide bonds. The summed E-state index contributed by atoms with van der Waals surface area (Å²) in [4.78, 5) is 0. The first-order valence-electron chi connectivity index (χ1n) is 29.5. The molecule has 428 valence electrons. The van der Waals surface area contributed by atoms with E-state index in [0.717, 1.165) is 17.5 Å². The fourth-order valence-electron chi connectivity index (χ4n) is 13.8. The Hall–Kier alpha value is -7.99. The number of benzene rings is 12. The second-order valence-corrected chi connectivity index (χ2v) is 34.4. The second-order valence-electron chi connectivity index (χ2n) is 21.8. The summed E-state index contributed by atoms with van der Waals surface area (Å²) >= 11 is 0. The Morgan fingerprint density at radius 1 is 0.318 bits per heavy atom. The molecule has 2 heterocycles. The van der Waals surface area contributed by atoms with Crippen molar-refractivity contribution in [3.63, 3.8) is 0 Å². The molecular weight excluding hydrogens is 1500 g/mol. The van der Waals surface area contributed by atoms with E-state index in [1.807, 2.05) is 24.3 Å². The third-order valence-corrected chi connectivity index (χ3v) is 33.3. The molecule has 0 bridgehead atoms. The zero-order chi connectivity index (χ0) is 58.1. The molecule has 1 aliphatic carbocycles. The van der Waals surface area contributed by atoms with E-state index < -0.39 is 32.0 Å². The van der Waals surface area contributed by atoms with Gasteiger partial charge in [0, 0.05) is 6.42 Å². The molecule has 0 fully saturated rings. The summed E-state index contributed by atoms with van der Waals surface area (Å²) in [7, 11) is -7.06. The van der Waals surface area contributed by atoms with Crippen LogP contribution in [0.3, 0.4) is 0 Å². The Labute approximate surface area is 555 Å².